The highest BCUT2D eigenvalue weighted by atomic mass is 16.5. The van der Waals surface area contributed by atoms with Crippen molar-refractivity contribution in [1.29, 1.82) is 5.26 Å². The van der Waals surface area contributed by atoms with Crippen molar-refractivity contribution in [2.45, 2.75) is 19.9 Å². The van der Waals surface area contributed by atoms with Gasteiger partial charge in [0.1, 0.15) is 11.8 Å². The molecule has 1 atom stereocenters. The van der Waals surface area contributed by atoms with Crippen LogP contribution in [0.5, 0.6) is 5.75 Å². The first kappa shape index (κ1) is 14.6. The molecule has 0 spiro atoms. The molecule has 108 valence electrons. The largest absolute Gasteiger partial charge is 0.478 e. The number of urea groups is 1. The molecular weight excluding hydrogens is 270 g/mol. The van der Waals surface area contributed by atoms with E-state index in [4.69, 9.17) is 10.00 Å². The Labute approximate surface area is 122 Å². The Hall–Kier alpha value is -2.81. The zero-order chi connectivity index (χ0) is 15.4. The smallest absolute Gasteiger partial charge is 0.319 e. The lowest BCUT2D eigenvalue weighted by atomic mass is 9.92. The van der Waals surface area contributed by atoms with E-state index in [1.807, 2.05) is 6.07 Å². The lowest BCUT2D eigenvalue weighted by Gasteiger charge is -2.29. The average Bonchev–Trinajstić information content (AvgIpc) is 2.44. The lowest BCUT2D eigenvalue weighted by Crippen LogP contribution is -2.44. The van der Waals surface area contributed by atoms with Crippen LogP contribution < -0.4 is 15.4 Å². The van der Waals surface area contributed by atoms with E-state index in [9.17, 15) is 9.59 Å². The van der Waals surface area contributed by atoms with Crippen molar-refractivity contribution in [2.24, 2.45) is 0 Å². The summed E-state index contributed by atoms with van der Waals surface area (Å²) in [7, 11) is 0. The Morgan fingerprint density at radius 2 is 2.14 bits per heavy atom. The molecule has 0 saturated heterocycles. The fourth-order valence-electron chi connectivity index (χ4n) is 2.35. The minimum atomic E-state index is -0.592. The highest BCUT2D eigenvalue weighted by Gasteiger charge is 2.30. The first-order chi connectivity index (χ1) is 10.0. The summed E-state index contributed by atoms with van der Waals surface area (Å²) < 4.78 is 5.37. The normalized spacial score (nSPS) is 17.6. The number of allylic oxidation sites excluding steroid dienone is 1. The molecule has 1 aromatic carbocycles. The summed E-state index contributed by atoms with van der Waals surface area (Å²) >= 11 is 0. The first-order valence-electron chi connectivity index (χ1n) is 6.42. The maximum atomic E-state index is 11.9. The molecule has 1 aliphatic rings. The summed E-state index contributed by atoms with van der Waals surface area (Å²) in [6.07, 6.45) is 0. The van der Waals surface area contributed by atoms with Gasteiger partial charge in [-0.2, -0.15) is 5.26 Å². The number of amides is 2. The number of benzene rings is 1. The summed E-state index contributed by atoms with van der Waals surface area (Å²) in [5, 5.41) is 13.9. The summed E-state index contributed by atoms with van der Waals surface area (Å²) in [5.74, 6) is 0.331. The van der Waals surface area contributed by atoms with Crippen molar-refractivity contribution in [3.63, 3.8) is 0 Å². The Morgan fingerprint density at radius 3 is 2.81 bits per heavy atom. The molecule has 0 aromatic heterocycles. The molecule has 0 fully saturated rings. The standard InChI is InChI=1S/C15H15N3O3/c1-9-13(10(2)19)14(18-15(20)17-9)11-5-3-4-6-12(11)21-8-7-16/h3-6,14H,8H2,1-2H3,(H2,17,18,20)/t14-/m1/s1. The third-order valence-electron chi connectivity index (χ3n) is 3.17. The minimum Gasteiger partial charge on any atom is -0.478 e. The van der Waals surface area contributed by atoms with E-state index in [2.05, 4.69) is 10.6 Å². The van der Waals surface area contributed by atoms with Gasteiger partial charge in [0.25, 0.3) is 0 Å². The summed E-state index contributed by atoms with van der Waals surface area (Å²) in [5.41, 5.74) is 1.64. The summed E-state index contributed by atoms with van der Waals surface area (Å²) in [6.45, 7) is 3.03. The molecule has 6 heteroatoms. The number of hydrogen-bond acceptors (Lipinski definition) is 4. The number of carbonyl (C=O) groups excluding carboxylic acids is 2. The van der Waals surface area contributed by atoms with Gasteiger partial charge in [-0.3, -0.25) is 4.79 Å². The van der Waals surface area contributed by atoms with E-state index in [-0.39, 0.29) is 18.4 Å². The number of nitrogens with zero attached hydrogens (tertiary/aromatic N) is 1. The number of nitrogens with one attached hydrogen (secondary N) is 2. The van der Waals surface area contributed by atoms with Crippen LogP contribution in [-0.4, -0.2) is 18.4 Å². The van der Waals surface area contributed by atoms with Gasteiger partial charge in [-0.1, -0.05) is 18.2 Å². The maximum absolute atomic E-state index is 11.9. The number of Topliss-reactive ketones (excluding diaryl/α,β-unsaturated/α-hetero) is 1. The zero-order valence-electron chi connectivity index (χ0n) is 11.8. The fourth-order valence-corrected chi connectivity index (χ4v) is 2.35. The monoisotopic (exact) mass is 285 g/mol. The van der Waals surface area contributed by atoms with Gasteiger partial charge in [-0.25, -0.2) is 4.79 Å². The van der Waals surface area contributed by atoms with E-state index < -0.39 is 6.04 Å². The maximum Gasteiger partial charge on any atom is 0.319 e. The highest BCUT2D eigenvalue weighted by molar-refractivity contribution is 5.98. The third-order valence-corrected chi connectivity index (χ3v) is 3.17. The molecule has 2 rings (SSSR count). The van der Waals surface area contributed by atoms with Crippen LogP contribution in [0.3, 0.4) is 0 Å². The number of nitriles is 1. The Morgan fingerprint density at radius 1 is 1.43 bits per heavy atom. The molecular formula is C15H15N3O3. The number of ketones is 1. The number of hydrogen-bond donors (Lipinski definition) is 2. The topological polar surface area (TPSA) is 91.2 Å². The minimum absolute atomic E-state index is 0.103. The van der Waals surface area contributed by atoms with Crippen LogP contribution in [-0.2, 0) is 4.79 Å². The molecule has 0 unspecified atom stereocenters. The van der Waals surface area contributed by atoms with Crippen LogP contribution in [0.1, 0.15) is 25.5 Å². The summed E-state index contributed by atoms with van der Waals surface area (Å²) in [6, 6.07) is 7.95. The number of rotatable bonds is 4. The third kappa shape index (κ3) is 3.03. The Bertz CT molecular complexity index is 658. The molecule has 0 aliphatic carbocycles. The van der Waals surface area contributed by atoms with E-state index in [0.29, 0.717) is 22.6 Å². The predicted octanol–water partition coefficient (Wildman–Crippen LogP) is 1.81. The predicted molar refractivity (Wildman–Crippen MR) is 75.3 cm³/mol. The molecule has 1 heterocycles. The van der Waals surface area contributed by atoms with Crippen LogP contribution in [0.2, 0.25) is 0 Å². The number of para-hydroxylation sites is 1. The highest BCUT2D eigenvalue weighted by Crippen LogP contribution is 2.33. The van der Waals surface area contributed by atoms with Crippen LogP contribution in [0.4, 0.5) is 4.79 Å². The second-order valence-corrected chi connectivity index (χ2v) is 4.61. The van der Waals surface area contributed by atoms with Crippen molar-refractivity contribution in [1.82, 2.24) is 10.6 Å². The number of ether oxygens (including phenoxy) is 1. The molecule has 6 nitrogen and oxygen atoms in total. The Balaban J connectivity index is 2.49. The second kappa shape index (κ2) is 6.09. The molecule has 21 heavy (non-hydrogen) atoms. The fraction of sp³-hybridized carbons (Fsp3) is 0.267. The van der Waals surface area contributed by atoms with Gasteiger partial charge in [0.2, 0.25) is 0 Å². The molecule has 1 aromatic rings. The van der Waals surface area contributed by atoms with Gasteiger partial charge in [0.05, 0.1) is 6.04 Å². The molecule has 0 saturated carbocycles. The van der Waals surface area contributed by atoms with E-state index in [1.165, 1.54) is 6.92 Å². The van der Waals surface area contributed by atoms with Gasteiger partial charge in [0, 0.05) is 16.8 Å². The van der Waals surface area contributed by atoms with Gasteiger partial charge in [-0.15, -0.1) is 0 Å². The van der Waals surface area contributed by atoms with Crippen LogP contribution in [0.25, 0.3) is 0 Å². The number of carbonyl (C=O) groups is 2. The molecule has 1 aliphatic heterocycles. The lowest BCUT2D eigenvalue weighted by molar-refractivity contribution is -0.114. The molecule has 0 radical (unpaired) electrons. The van der Waals surface area contributed by atoms with Crippen molar-refractivity contribution < 1.29 is 14.3 Å². The van der Waals surface area contributed by atoms with Crippen molar-refractivity contribution in [3.05, 3.63) is 41.1 Å². The quantitative estimate of drug-likeness (QED) is 0.882. The van der Waals surface area contributed by atoms with Gasteiger partial charge in [-0.05, 0) is 19.9 Å². The van der Waals surface area contributed by atoms with E-state index >= 15 is 0 Å². The molecule has 2 N–H and O–H groups in total. The van der Waals surface area contributed by atoms with Gasteiger partial charge in [0.15, 0.2) is 12.4 Å². The first-order valence-corrected chi connectivity index (χ1v) is 6.42. The van der Waals surface area contributed by atoms with Gasteiger partial charge >= 0.3 is 6.03 Å². The van der Waals surface area contributed by atoms with Crippen molar-refractivity contribution in [3.8, 4) is 11.8 Å². The van der Waals surface area contributed by atoms with Crippen LogP contribution in [0, 0.1) is 11.3 Å². The van der Waals surface area contributed by atoms with Crippen molar-refractivity contribution in [2.75, 3.05) is 6.61 Å². The zero-order valence-corrected chi connectivity index (χ0v) is 11.8. The molecule has 0 bridgehead atoms. The van der Waals surface area contributed by atoms with Crippen LogP contribution >= 0.6 is 0 Å². The average molecular weight is 285 g/mol. The SMILES string of the molecule is CC(=O)C1=C(C)NC(=O)N[C@@H]1c1ccccc1OCC#N. The summed E-state index contributed by atoms with van der Waals surface area (Å²) in [4.78, 5) is 23.6. The Kier molecular flexibility index (Phi) is 4.24. The van der Waals surface area contributed by atoms with Crippen molar-refractivity contribution >= 4 is 11.8 Å². The second-order valence-electron chi connectivity index (χ2n) is 4.61. The molecule has 2 amide bonds. The van der Waals surface area contributed by atoms with E-state index in [1.54, 1.807) is 31.2 Å². The van der Waals surface area contributed by atoms with E-state index in [0.717, 1.165) is 0 Å². The van der Waals surface area contributed by atoms with Gasteiger partial charge < -0.3 is 15.4 Å². The van der Waals surface area contributed by atoms with Crippen LogP contribution in [0.15, 0.2) is 35.5 Å².